The van der Waals surface area contributed by atoms with E-state index in [1.165, 1.54) is 0 Å². The summed E-state index contributed by atoms with van der Waals surface area (Å²) in [4.78, 5) is 4.06. The lowest BCUT2D eigenvalue weighted by Crippen LogP contribution is -2.11. The molecule has 0 saturated carbocycles. The highest BCUT2D eigenvalue weighted by Gasteiger charge is 2.08. The minimum Gasteiger partial charge on any atom is -0.497 e. The zero-order valence-electron chi connectivity index (χ0n) is 9.13. The van der Waals surface area contributed by atoms with Gasteiger partial charge in [0, 0.05) is 12.4 Å². The predicted octanol–water partition coefficient (Wildman–Crippen LogP) is 2.14. The summed E-state index contributed by atoms with van der Waals surface area (Å²) in [6.07, 6.45) is 3.53. The van der Waals surface area contributed by atoms with Crippen LogP contribution in [0.3, 0.4) is 0 Å². The topological polar surface area (TPSA) is 48.1 Å². The van der Waals surface area contributed by atoms with E-state index in [2.05, 4.69) is 4.98 Å². The molecule has 82 valence electrons. The molecule has 0 spiro atoms. The zero-order chi connectivity index (χ0) is 11.4. The van der Waals surface area contributed by atoms with Crippen LogP contribution < -0.4 is 10.5 Å². The molecule has 1 aromatic heterocycles. The summed E-state index contributed by atoms with van der Waals surface area (Å²) in [5.74, 6) is 0.835. The number of benzene rings is 1. The third kappa shape index (κ3) is 2.20. The normalized spacial score (nSPS) is 12.1. The largest absolute Gasteiger partial charge is 0.497 e. The van der Waals surface area contributed by atoms with Crippen LogP contribution in [0.1, 0.15) is 17.2 Å². The second-order valence-electron chi connectivity index (χ2n) is 3.54. The zero-order valence-corrected chi connectivity index (χ0v) is 9.13. The molecule has 0 radical (unpaired) electrons. The van der Waals surface area contributed by atoms with Gasteiger partial charge in [0.1, 0.15) is 5.75 Å². The number of methoxy groups -OCH3 is 1. The van der Waals surface area contributed by atoms with Crippen LogP contribution in [0.25, 0.3) is 0 Å². The molecule has 1 heterocycles. The molecule has 0 unspecified atom stereocenters. The van der Waals surface area contributed by atoms with Gasteiger partial charge in [-0.15, -0.1) is 0 Å². The van der Waals surface area contributed by atoms with Crippen LogP contribution in [0.4, 0.5) is 0 Å². The molecule has 0 aliphatic rings. The maximum Gasteiger partial charge on any atom is 0.118 e. The highest BCUT2D eigenvalue weighted by Crippen LogP contribution is 2.20. The molecule has 0 bridgehead atoms. The van der Waals surface area contributed by atoms with Gasteiger partial charge in [0.15, 0.2) is 0 Å². The average Bonchev–Trinajstić information content (AvgIpc) is 2.39. The first-order chi connectivity index (χ1) is 7.81. The van der Waals surface area contributed by atoms with Gasteiger partial charge in [0.2, 0.25) is 0 Å². The summed E-state index contributed by atoms with van der Waals surface area (Å²) in [6, 6.07) is 11.5. The van der Waals surface area contributed by atoms with Crippen LogP contribution in [0.2, 0.25) is 0 Å². The van der Waals surface area contributed by atoms with Crippen molar-refractivity contribution in [3.8, 4) is 5.75 Å². The molecule has 0 amide bonds. The van der Waals surface area contributed by atoms with Crippen molar-refractivity contribution in [1.29, 1.82) is 0 Å². The summed E-state index contributed by atoms with van der Waals surface area (Å²) in [5.41, 5.74) is 8.18. The maximum atomic E-state index is 6.13. The van der Waals surface area contributed by atoms with Gasteiger partial charge >= 0.3 is 0 Å². The number of hydrogen-bond acceptors (Lipinski definition) is 3. The molecule has 1 atom stereocenters. The number of nitrogens with two attached hydrogens (primary N) is 1. The number of aromatic nitrogens is 1. The summed E-state index contributed by atoms with van der Waals surface area (Å²) >= 11 is 0. The fourth-order valence-corrected chi connectivity index (χ4v) is 1.56. The first kappa shape index (κ1) is 10.6. The third-order valence-electron chi connectivity index (χ3n) is 2.52. The Morgan fingerprint density at radius 3 is 2.44 bits per heavy atom. The second kappa shape index (κ2) is 4.77. The molecule has 0 aliphatic carbocycles. The Balaban J connectivity index is 2.24. The van der Waals surface area contributed by atoms with Crippen LogP contribution in [0.5, 0.6) is 5.75 Å². The SMILES string of the molecule is COc1ccc([C@@H](N)c2cccnc2)cc1. The molecule has 0 saturated heterocycles. The summed E-state index contributed by atoms with van der Waals surface area (Å²) in [6.45, 7) is 0. The van der Waals surface area contributed by atoms with Gasteiger partial charge in [-0.1, -0.05) is 18.2 Å². The highest BCUT2D eigenvalue weighted by atomic mass is 16.5. The van der Waals surface area contributed by atoms with Gasteiger partial charge in [-0.2, -0.15) is 0 Å². The van der Waals surface area contributed by atoms with E-state index in [1.807, 2.05) is 36.4 Å². The molecular weight excluding hydrogens is 200 g/mol. The van der Waals surface area contributed by atoms with Crippen molar-refractivity contribution in [2.45, 2.75) is 6.04 Å². The highest BCUT2D eigenvalue weighted by molar-refractivity contribution is 5.33. The molecule has 0 fully saturated rings. The van der Waals surface area contributed by atoms with Crippen molar-refractivity contribution in [1.82, 2.24) is 4.98 Å². The Bertz CT molecular complexity index is 439. The first-order valence-corrected chi connectivity index (χ1v) is 5.10. The van der Waals surface area contributed by atoms with Gasteiger partial charge in [0.05, 0.1) is 13.2 Å². The van der Waals surface area contributed by atoms with Gasteiger partial charge in [-0.25, -0.2) is 0 Å². The molecule has 3 nitrogen and oxygen atoms in total. The Morgan fingerprint density at radius 2 is 1.88 bits per heavy atom. The van der Waals surface area contributed by atoms with Crippen LogP contribution in [-0.4, -0.2) is 12.1 Å². The second-order valence-corrected chi connectivity index (χ2v) is 3.54. The minimum atomic E-state index is -0.139. The van der Waals surface area contributed by atoms with E-state index >= 15 is 0 Å². The van der Waals surface area contributed by atoms with E-state index in [9.17, 15) is 0 Å². The van der Waals surface area contributed by atoms with Crippen LogP contribution in [0.15, 0.2) is 48.8 Å². The van der Waals surface area contributed by atoms with E-state index in [-0.39, 0.29) is 6.04 Å². The van der Waals surface area contributed by atoms with Crippen LogP contribution in [0, 0.1) is 0 Å². The molecule has 1 aromatic carbocycles. The fourth-order valence-electron chi connectivity index (χ4n) is 1.56. The maximum absolute atomic E-state index is 6.13. The number of ether oxygens (including phenoxy) is 1. The molecule has 0 aliphatic heterocycles. The molecule has 2 N–H and O–H groups in total. The minimum absolute atomic E-state index is 0.139. The lowest BCUT2D eigenvalue weighted by molar-refractivity contribution is 0.414. The number of nitrogens with zero attached hydrogens (tertiary/aromatic N) is 1. The molecular formula is C13H14N2O. The monoisotopic (exact) mass is 214 g/mol. The van der Waals surface area contributed by atoms with Crippen molar-refractivity contribution in [3.63, 3.8) is 0 Å². The van der Waals surface area contributed by atoms with E-state index in [4.69, 9.17) is 10.5 Å². The van der Waals surface area contributed by atoms with E-state index < -0.39 is 0 Å². The lowest BCUT2D eigenvalue weighted by atomic mass is 10.0. The molecule has 2 rings (SSSR count). The number of rotatable bonds is 3. The van der Waals surface area contributed by atoms with Crippen molar-refractivity contribution in [2.75, 3.05) is 7.11 Å². The average molecular weight is 214 g/mol. The van der Waals surface area contributed by atoms with Gasteiger partial charge in [-0.05, 0) is 29.3 Å². The summed E-state index contributed by atoms with van der Waals surface area (Å²) in [7, 11) is 1.65. The molecule has 3 heteroatoms. The van der Waals surface area contributed by atoms with Crippen LogP contribution in [-0.2, 0) is 0 Å². The van der Waals surface area contributed by atoms with Crippen molar-refractivity contribution in [3.05, 3.63) is 59.9 Å². The van der Waals surface area contributed by atoms with Crippen molar-refractivity contribution >= 4 is 0 Å². The summed E-state index contributed by atoms with van der Waals surface area (Å²) in [5, 5.41) is 0. The first-order valence-electron chi connectivity index (χ1n) is 5.10. The smallest absolute Gasteiger partial charge is 0.118 e. The van der Waals surface area contributed by atoms with Gasteiger partial charge < -0.3 is 10.5 Å². The Kier molecular flexibility index (Phi) is 3.17. The predicted molar refractivity (Wildman–Crippen MR) is 63.3 cm³/mol. The molecule has 16 heavy (non-hydrogen) atoms. The van der Waals surface area contributed by atoms with E-state index in [0.29, 0.717) is 0 Å². The lowest BCUT2D eigenvalue weighted by Gasteiger charge is -2.12. The number of pyridine rings is 1. The van der Waals surface area contributed by atoms with E-state index in [0.717, 1.165) is 16.9 Å². The van der Waals surface area contributed by atoms with Crippen LogP contribution >= 0.6 is 0 Å². The Morgan fingerprint density at radius 1 is 1.12 bits per heavy atom. The van der Waals surface area contributed by atoms with Crippen molar-refractivity contribution in [2.24, 2.45) is 5.73 Å². The Labute approximate surface area is 94.9 Å². The molecule has 2 aromatic rings. The van der Waals surface area contributed by atoms with Gasteiger partial charge in [-0.3, -0.25) is 4.98 Å². The van der Waals surface area contributed by atoms with E-state index in [1.54, 1.807) is 19.5 Å². The third-order valence-corrected chi connectivity index (χ3v) is 2.52. The Hall–Kier alpha value is -1.87. The summed E-state index contributed by atoms with van der Waals surface area (Å²) < 4.78 is 5.10. The fraction of sp³-hybridized carbons (Fsp3) is 0.154. The van der Waals surface area contributed by atoms with Gasteiger partial charge in [0.25, 0.3) is 0 Å². The quantitative estimate of drug-likeness (QED) is 0.851. The number of hydrogen-bond donors (Lipinski definition) is 1. The standard InChI is InChI=1S/C13H14N2O/c1-16-12-6-4-10(5-7-12)13(14)11-3-2-8-15-9-11/h2-9,13H,14H2,1H3/t13-/m1/s1. The van der Waals surface area contributed by atoms with Crippen molar-refractivity contribution < 1.29 is 4.74 Å².